The maximum Gasteiger partial charge on any atom is 0.254 e. The number of alkyl halides is 2. The monoisotopic (exact) mass is 164 g/mol. The Balaban J connectivity index is 0.000000461. The highest BCUT2D eigenvalue weighted by Crippen LogP contribution is 2.58. The minimum absolute atomic E-state index is 0.303. The van der Waals surface area contributed by atoms with Crippen molar-refractivity contribution in [2.24, 2.45) is 11.8 Å². The van der Waals surface area contributed by atoms with Crippen molar-refractivity contribution in [3.63, 3.8) is 0 Å². The molecule has 0 aromatic carbocycles. The van der Waals surface area contributed by atoms with Gasteiger partial charge in [0.2, 0.25) is 0 Å². The highest BCUT2D eigenvalue weighted by Gasteiger charge is 2.65. The van der Waals surface area contributed by atoms with Crippen LogP contribution in [0, 0.1) is 11.8 Å². The molecule has 0 aromatic heterocycles. The van der Waals surface area contributed by atoms with Crippen molar-refractivity contribution in [3.05, 3.63) is 0 Å². The van der Waals surface area contributed by atoms with Crippen LogP contribution in [0.2, 0.25) is 0 Å². The molecule has 2 atom stereocenters. The van der Waals surface area contributed by atoms with E-state index < -0.39 is 5.92 Å². The van der Waals surface area contributed by atoms with E-state index >= 15 is 0 Å². The summed E-state index contributed by atoms with van der Waals surface area (Å²) in [7, 11) is 0. The molecule has 2 heteroatoms. The van der Waals surface area contributed by atoms with Gasteiger partial charge in [0.25, 0.3) is 5.92 Å². The van der Waals surface area contributed by atoms with Crippen LogP contribution in [-0.4, -0.2) is 5.92 Å². The third kappa shape index (κ3) is 1.91. The fourth-order valence-electron chi connectivity index (χ4n) is 1.57. The molecule has 0 spiro atoms. The molecule has 1 aliphatic carbocycles. The third-order valence-corrected chi connectivity index (χ3v) is 2.24. The summed E-state index contributed by atoms with van der Waals surface area (Å²) in [6, 6.07) is 0. The summed E-state index contributed by atoms with van der Waals surface area (Å²) in [5, 5.41) is 0. The standard InChI is InChI=1S/C7H12F2.C2H6/c1-3-5-6(4-2)7(5,8)9;1-2/h5-6H,3-4H2,1-2H3;1-2H3. The lowest BCUT2D eigenvalue weighted by atomic mass is 10.2. The average molecular weight is 164 g/mol. The molecule has 0 bridgehead atoms. The van der Waals surface area contributed by atoms with Gasteiger partial charge in [-0.1, -0.05) is 27.7 Å². The van der Waals surface area contributed by atoms with Gasteiger partial charge in [0, 0.05) is 11.8 Å². The molecule has 1 rings (SSSR count). The zero-order valence-corrected chi connectivity index (χ0v) is 7.82. The van der Waals surface area contributed by atoms with Gasteiger partial charge in [-0.05, 0) is 12.8 Å². The van der Waals surface area contributed by atoms with Gasteiger partial charge >= 0.3 is 0 Å². The summed E-state index contributed by atoms with van der Waals surface area (Å²) in [6.07, 6.45) is 1.26. The van der Waals surface area contributed by atoms with E-state index in [4.69, 9.17) is 0 Å². The molecule has 1 saturated carbocycles. The highest BCUT2D eigenvalue weighted by atomic mass is 19.3. The van der Waals surface area contributed by atoms with Crippen molar-refractivity contribution >= 4 is 0 Å². The van der Waals surface area contributed by atoms with Crippen LogP contribution in [0.3, 0.4) is 0 Å². The fraction of sp³-hybridized carbons (Fsp3) is 1.00. The van der Waals surface area contributed by atoms with Crippen LogP contribution in [0.25, 0.3) is 0 Å². The lowest BCUT2D eigenvalue weighted by Crippen LogP contribution is -1.93. The molecular formula is C9H18F2. The van der Waals surface area contributed by atoms with E-state index in [0.29, 0.717) is 12.8 Å². The normalized spacial score (nSPS) is 32.2. The molecule has 1 aliphatic rings. The Morgan fingerprint density at radius 1 is 1.00 bits per heavy atom. The summed E-state index contributed by atoms with van der Waals surface area (Å²) in [4.78, 5) is 0. The van der Waals surface area contributed by atoms with Crippen LogP contribution in [0.15, 0.2) is 0 Å². The molecule has 0 heterocycles. The molecule has 0 aliphatic heterocycles. The molecule has 1 fully saturated rings. The van der Waals surface area contributed by atoms with E-state index in [2.05, 4.69) is 0 Å². The molecular weight excluding hydrogens is 146 g/mol. The smallest absolute Gasteiger partial charge is 0.206 e. The first kappa shape index (κ1) is 10.9. The molecule has 0 nitrogen and oxygen atoms in total. The van der Waals surface area contributed by atoms with Gasteiger partial charge < -0.3 is 0 Å². The summed E-state index contributed by atoms with van der Waals surface area (Å²) < 4.78 is 24.9. The van der Waals surface area contributed by atoms with Crippen LogP contribution < -0.4 is 0 Å². The Bertz CT molecular complexity index is 98.1. The van der Waals surface area contributed by atoms with Crippen molar-refractivity contribution in [1.29, 1.82) is 0 Å². The maximum absolute atomic E-state index is 12.5. The number of halogens is 2. The maximum atomic E-state index is 12.5. The van der Waals surface area contributed by atoms with E-state index in [1.165, 1.54) is 0 Å². The van der Waals surface area contributed by atoms with Crippen molar-refractivity contribution in [2.75, 3.05) is 0 Å². The van der Waals surface area contributed by atoms with Gasteiger partial charge in [-0.2, -0.15) is 0 Å². The molecule has 0 N–H and O–H groups in total. The minimum Gasteiger partial charge on any atom is -0.206 e. The minimum atomic E-state index is -2.32. The predicted octanol–water partition coefficient (Wildman–Crippen LogP) is 3.71. The van der Waals surface area contributed by atoms with Crippen LogP contribution in [0.1, 0.15) is 40.5 Å². The van der Waals surface area contributed by atoms with E-state index in [1.807, 2.05) is 27.7 Å². The highest BCUT2D eigenvalue weighted by molar-refractivity contribution is 5.03. The molecule has 0 radical (unpaired) electrons. The van der Waals surface area contributed by atoms with E-state index in [0.717, 1.165) is 0 Å². The summed E-state index contributed by atoms with van der Waals surface area (Å²) in [6.45, 7) is 7.66. The van der Waals surface area contributed by atoms with Crippen LogP contribution in [0.4, 0.5) is 8.78 Å². The fourth-order valence-corrected chi connectivity index (χ4v) is 1.57. The quantitative estimate of drug-likeness (QED) is 0.583. The zero-order chi connectivity index (χ0) is 9.07. The van der Waals surface area contributed by atoms with Gasteiger partial charge in [0.05, 0.1) is 0 Å². The largest absolute Gasteiger partial charge is 0.254 e. The van der Waals surface area contributed by atoms with E-state index in [-0.39, 0.29) is 11.8 Å². The Morgan fingerprint density at radius 2 is 1.27 bits per heavy atom. The SMILES string of the molecule is CC.CCC1C(CC)C1(F)F. The van der Waals surface area contributed by atoms with Gasteiger partial charge in [0.1, 0.15) is 0 Å². The molecule has 68 valence electrons. The van der Waals surface area contributed by atoms with E-state index in [9.17, 15) is 8.78 Å². The second-order valence-corrected chi connectivity index (χ2v) is 2.70. The second kappa shape index (κ2) is 4.03. The Hall–Kier alpha value is -0.140. The van der Waals surface area contributed by atoms with Gasteiger partial charge in [-0.3, -0.25) is 0 Å². The van der Waals surface area contributed by atoms with Gasteiger partial charge in [0.15, 0.2) is 0 Å². The van der Waals surface area contributed by atoms with Gasteiger partial charge in [-0.25, -0.2) is 8.78 Å². The van der Waals surface area contributed by atoms with Gasteiger partial charge in [-0.15, -0.1) is 0 Å². The topological polar surface area (TPSA) is 0 Å². The second-order valence-electron chi connectivity index (χ2n) is 2.70. The molecule has 2 unspecified atom stereocenters. The molecule has 11 heavy (non-hydrogen) atoms. The van der Waals surface area contributed by atoms with Crippen LogP contribution in [0.5, 0.6) is 0 Å². The first-order valence-electron chi connectivity index (χ1n) is 4.52. The Kier molecular flexibility index (Phi) is 3.98. The first-order chi connectivity index (χ1) is 5.14. The summed E-state index contributed by atoms with van der Waals surface area (Å²) in [5.74, 6) is -2.92. The summed E-state index contributed by atoms with van der Waals surface area (Å²) >= 11 is 0. The molecule has 0 amide bonds. The predicted molar refractivity (Wildman–Crippen MR) is 43.9 cm³/mol. The average Bonchev–Trinajstić information content (AvgIpc) is 2.56. The van der Waals surface area contributed by atoms with Crippen molar-refractivity contribution in [2.45, 2.75) is 46.5 Å². The summed E-state index contributed by atoms with van der Waals surface area (Å²) in [5.41, 5.74) is 0. The zero-order valence-electron chi connectivity index (χ0n) is 7.82. The Morgan fingerprint density at radius 3 is 1.36 bits per heavy atom. The number of hydrogen-bond acceptors (Lipinski definition) is 0. The number of hydrogen-bond donors (Lipinski definition) is 0. The number of rotatable bonds is 2. The Labute approximate surface area is 68.0 Å². The lowest BCUT2D eigenvalue weighted by molar-refractivity contribution is 0.0829. The molecule has 0 aromatic rings. The third-order valence-electron chi connectivity index (χ3n) is 2.24. The van der Waals surface area contributed by atoms with Crippen LogP contribution >= 0.6 is 0 Å². The van der Waals surface area contributed by atoms with Crippen LogP contribution in [-0.2, 0) is 0 Å². The van der Waals surface area contributed by atoms with E-state index in [1.54, 1.807) is 0 Å². The first-order valence-corrected chi connectivity index (χ1v) is 4.52. The van der Waals surface area contributed by atoms with Crippen molar-refractivity contribution < 1.29 is 8.78 Å². The molecule has 0 saturated heterocycles. The van der Waals surface area contributed by atoms with Crippen molar-refractivity contribution in [1.82, 2.24) is 0 Å². The lowest BCUT2D eigenvalue weighted by Gasteiger charge is -1.88. The van der Waals surface area contributed by atoms with Crippen molar-refractivity contribution in [3.8, 4) is 0 Å².